The number of alkyl halides is 2. The first-order valence-electron chi connectivity index (χ1n) is 1.03. The van der Waals surface area contributed by atoms with Crippen LogP contribution in [0.3, 0.4) is 0 Å². The van der Waals surface area contributed by atoms with Gasteiger partial charge in [0.05, 0.1) is 0 Å². The number of rotatable bonds is 1. The van der Waals surface area contributed by atoms with E-state index in [2.05, 4.69) is 23.2 Å². The average molecular weight is 153 g/mol. The SMILES string of the molecule is FP(F)C(Cl)Cl. The molecule has 0 saturated carbocycles. The highest BCUT2D eigenvalue weighted by Crippen LogP contribution is 2.48. The summed E-state index contributed by atoms with van der Waals surface area (Å²) < 4.78 is 20.4. The molecule has 0 amide bonds. The minimum Gasteiger partial charge on any atom is -0.186 e. The van der Waals surface area contributed by atoms with E-state index in [-0.39, 0.29) is 0 Å². The molecule has 0 aromatic heterocycles. The summed E-state index contributed by atoms with van der Waals surface area (Å²) in [5.74, 6) is 0. The van der Waals surface area contributed by atoms with Gasteiger partial charge < -0.3 is 0 Å². The Morgan fingerprint density at radius 3 is 1.50 bits per heavy atom. The van der Waals surface area contributed by atoms with Crippen molar-refractivity contribution >= 4 is 31.7 Å². The van der Waals surface area contributed by atoms with Crippen molar-refractivity contribution in [3.8, 4) is 0 Å². The highest BCUT2D eigenvalue weighted by molar-refractivity contribution is 7.51. The quantitative estimate of drug-likeness (QED) is 0.401. The average Bonchev–Trinajstić information content (AvgIpc) is 1.36. The van der Waals surface area contributed by atoms with Gasteiger partial charge in [-0.3, -0.25) is 0 Å². The molecule has 38 valence electrons. The molecule has 0 heterocycles. The molecule has 0 aromatic rings. The molecule has 0 rings (SSSR count). The van der Waals surface area contributed by atoms with E-state index < -0.39 is 13.1 Å². The second-order valence-electron chi connectivity index (χ2n) is 0.537. The standard InChI is InChI=1S/CHCl2F2P/c2-1(3)6(4)5/h1H. The summed E-state index contributed by atoms with van der Waals surface area (Å²) >= 11 is 9.31. The van der Waals surface area contributed by atoms with Gasteiger partial charge in [-0.1, -0.05) is 23.2 Å². The van der Waals surface area contributed by atoms with Crippen molar-refractivity contribution in [3.63, 3.8) is 0 Å². The third-order valence-corrected chi connectivity index (χ3v) is 1.33. The minimum absolute atomic E-state index is 1.47. The normalized spacial score (nSPS) is 11.0. The molecular formula is CHCl2F2P. The van der Waals surface area contributed by atoms with Gasteiger partial charge in [0, 0.05) is 0 Å². The van der Waals surface area contributed by atoms with Crippen molar-refractivity contribution in [3.05, 3.63) is 0 Å². The first-order chi connectivity index (χ1) is 2.64. The van der Waals surface area contributed by atoms with E-state index in [1.165, 1.54) is 0 Å². The van der Waals surface area contributed by atoms with Crippen LogP contribution in [-0.4, -0.2) is 4.58 Å². The fourth-order valence-corrected chi connectivity index (χ4v) is 0. The van der Waals surface area contributed by atoms with Gasteiger partial charge in [-0.05, 0) is 0 Å². The lowest BCUT2D eigenvalue weighted by Crippen LogP contribution is -1.68. The number of hydrogen-bond donors (Lipinski definition) is 0. The lowest BCUT2D eigenvalue weighted by molar-refractivity contribution is 0.748. The van der Waals surface area contributed by atoms with Gasteiger partial charge in [-0.2, -0.15) is 8.39 Å². The van der Waals surface area contributed by atoms with Crippen molar-refractivity contribution in [1.29, 1.82) is 0 Å². The van der Waals surface area contributed by atoms with Gasteiger partial charge in [-0.25, -0.2) is 0 Å². The van der Waals surface area contributed by atoms with Crippen LogP contribution in [0.15, 0.2) is 0 Å². The fraction of sp³-hybridized carbons (Fsp3) is 1.00. The van der Waals surface area contributed by atoms with Crippen molar-refractivity contribution in [2.75, 3.05) is 0 Å². The zero-order valence-electron chi connectivity index (χ0n) is 2.54. The van der Waals surface area contributed by atoms with Crippen molar-refractivity contribution in [2.45, 2.75) is 4.58 Å². The van der Waals surface area contributed by atoms with E-state index in [1.807, 2.05) is 0 Å². The molecule has 0 fully saturated rings. The molecule has 0 atom stereocenters. The topological polar surface area (TPSA) is 0 Å². The molecule has 0 aliphatic heterocycles. The molecule has 0 radical (unpaired) electrons. The van der Waals surface area contributed by atoms with Crippen molar-refractivity contribution < 1.29 is 8.39 Å². The van der Waals surface area contributed by atoms with Gasteiger partial charge >= 0.3 is 0 Å². The van der Waals surface area contributed by atoms with Crippen LogP contribution >= 0.6 is 31.7 Å². The maximum Gasteiger partial charge on any atom is 0.299 e. The summed E-state index contributed by atoms with van der Waals surface area (Å²) in [7, 11) is -3.13. The van der Waals surface area contributed by atoms with Crippen LogP contribution in [0.1, 0.15) is 0 Å². The lowest BCUT2D eigenvalue weighted by atomic mass is 11.9. The van der Waals surface area contributed by atoms with Crippen LogP contribution in [0.25, 0.3) is 0 Å². The summed E-state index contributed by atoms with van der Waals surface area (Å²) in [6.45, 7) is 0. The van der Waals surface area contributed by atoms with Crippen LogP contribution < -0.4 is 0 Å². The first-order valence-corrected chi connectivity index (χ1v) is 3.10. The highest BCUT2D eigenvalue weighted by atomic mass is 35.5. The van der Waals surface area contributed by atoms with Crippen LogP contribution in [0.4, 0.5) is 8.39 Å². The maximum atomic E-state index is 11.0. The Hall–Kier alpha value is 0.870. The van der Waals surface area contributed by atoms with Gasteiger partial charge in [-0.15, -0.1) is 0 Å². The molecule has 0 saturated heterocycles. The molecule has 0 spiro atoms. The van der Waals surface area contributed by atoms with Gasteiger partial charge in [0.2, 0.25) is 0 Å². The second-order valence-corrected chi connectivity index (χ2v) is 3.28. The Bertz CT molecular complexity index is 32.5. The zero-order chi connectivity index (χ0) is 5.15. The molecule has 0 unspecified atom stereocenters. The molecule has 0 bridgehead atoms. The van der Waals surface area contributed by atoms with Gasteiger partial charge in [0.1, 0.15) is 0 Å². The zero-order valence-corrected chi connectivity index (χ0v) is 4.94. The molecular weight excluding hydrogens is 152 g/mol. The molecule has 0 aromatic carbocycles. The fourth-order valence-electron chi connectivity index (χ4n) is 0. The predicted molar refractivity (Wildman–Crippen MR) is 24.6 cm³/mol. The van der Waals surface area contributed by atoms with E-state index in [0.717, 1.165) is 0 Å². The van der Waals surface area contributed by atoms with Crippen LogP contribution in [-0.2, 0) is 0 Å². The Balaban J connectivity index is 2.99. The first kappa shape index (κ1) is 6.87. The monoisotopic (exact) mass is 152 g/mol. The third kappa shape index (κ3) is 3.08. The van der Waals surface area contributed by atoms with E-state index in [4.69, 9.17) is 0 Å². The highest BCUT2D eigenvalue weighted by Gasteiger charge is 2.13. The molecule has 6 heavy (non-hydrogen) atoms. The van der Waals surface area contributed by atoms with Gasteiger partial charge in [0.15, 0.2) is 4.58 Å². The maximum absolute atomic E-state index is 11.0. The van der Waals surface area contributed by atoms with E-state index in [1.54, 1.807) is 0 Å². The summed E-state index contributed by atoms with van der Waals surface area (Å²) in [5.41, 5.74) is 0. The third-order valence-electron chi connectivity index (χ3n) is 0.148. The lowest BCUT2D eigenvalue weighted by Gasteiger charge is -1.90. The summed E-state index contributed by atoms with van der Waals surface area (Å²) in [5, 5.41) is 0. The largest absolute Gasteiger partial charge is 0.299 e. The molecule has 0 aliphatic rings. The molecule has 0 aliphatic carbocycles. The summed E-state index contributed by atoms with van der Waals surface area (Å²) in [6.07, 6.45) is 0. The smallest absolute Gasteiger partial charge is 0.186 e. The van der Waals surface area contributed by atoms with Crippen LogP contribution in [0.2, 0.25) is 0 Å². The van der Waals surface area contributed by atoms with Crippen LogP contribution in [0, 0.1) is 0 Å². The Labute approximate surface area is 45.4 Å². The molecule has 5 heteroatoms. The van der Waals surface area contributed by atoms with Crippen LogP contribution in [0.5, 0.6) is 0 Å². The predicted octanol–water partition coefficient (Wildman–Crippen LogP) is 3.00. The van der Waals surface area contributed by atoms with E-state index in [0.29, 0.717) is 0 Å². The van der Waals surface area contributed by atoms with E-state index >= 15 is 0 Å². The Morgan fingerprint density at radius 1 is 1.33 bits per heavy atom. The minimum atomic E-state index is -3.13. The second kappa shape index (κ2) is 2.95. The number of halogens is 4. The van der Waals surface area contributed by atoms with E-state index in [9.17, 15) is 8.39 Å². The molecule has 0 nitrogen and oxygen atoms in total. The molecule has 0 N–H and O–H groups in total. The summed E-state index contributed by atoms with van der Waals surface area (Å²) in [6, 6.07) is 0. The van der Waals surface area contributed by atoms with Crippen molar-refractivity contribution in [1.82, 2.24) is 0 Å². The van der Waals surface area contributed by atoms with Crippen molar-refractivity contribution in [2.24, 2.45) is 0 Å². The summed E-state index contributed by atoms with van der Waals surface area (Å²) in [4.78, 5) is 0. The number of hydrogen-bond acceptors (Lipinski definition) is 0. The Morgan fingerprint density at radius 2 is 1.50 bits per heavy atom. The Kier molecular flexibility index (Phi) is 3.38. The van der Waals surface area contributed by atoms with Gasteiger partial charge in [0.25, 0.3) is 8.54 Å².